The Kier molecular flexibility index (Phi) is 5.76. The van der Waals surface area contributed by atoms with Crippen LogP contribution in [0, 0.1) is 23.2 Å². The number of aryl methyl sites for hydroxylation is 2. The molecule has 2 aromatic rings. The van der Waals surface area contributed by atoms with Gasteiger partial charge in [-0.15, -0.1) is 0 Å². The molecule has 0 saturated carbocycles. The molecule has 0 spiro atoms. The van der Waals surface area contributed by atoms with Gasteiger partial charge in [0.15, 0.2) is 0 Å². The van der Waals surface area contributed by atoms with Gasteiger partial charge in [0.05, 0.1) is 12.8 Å². The van der Waals surface area contributed by atoms with E-state index >= 15 is 0 Å². The van der Waals surface area contributed by atoms with Gasteiger partial charge in [-0.25, -0.2) is 4.39 Å². The Labute approximate surface area is 148 Å². The Bertz CT molecular complexity index is 749. The summed E-state index contributed by atoms with van der Waals surface area (Å²) in [7, 11) is 1.62. The van der Waals surface area contributed by atoms with Crippen molar-refractivity contribution in [3.8, 4) is 5.75 Å². The van der Waals surface area contributed by atoms with Gasteiger partial charge in [-0.05, 0) is 89.5 Å². The van der Waals surface area contributed by atoms with Crippen molar-refractivity contribution in [3.63, 3.8) is 0 Å². The van der Waals surface area contributed by atoms with Crippen LogP contribution in [0.5, 0.6) is 5.75 Å². The molecule has 0 heterocycles. The van der Waals surface area contributed by atoms with Crippen LogP contribution in [-0.2, 0) is 4.79 Å². The van der Waals surface area contributed by atoms with Crippen molar-refractivity contribution in [1.82, 2.24) is 0 Å². The lowest BCUT2D eigenvalue weighted by atomic mass is 10.0. The monoisotopic (exact) mass is 425 g/mol. The number of rotatable bonds is 4. The summed E-state index contributed by atoms with van der Waals surface area (Å²) in [4.78, 5) is 12.0. The van der Waals surface area contributed by atoms with Gasteiger partial charge in [0, 0.05) is 9.65 Å². The quantitative estimate of drug-likeness (QED) is 0.570. The number of hydrogen-bond donors (Lipinski definition) is 1. The average molecular weight is 425 g/mol. The predicted molar refractivity (Wildman–Crippen MR) is 99.2 cm³/mol. The van der Waals surface area contributed by atoms with Crippen molar-refractivity contribution in [2.75, 3.05) is 12.4 Å². The number of anilines is 1. The molecule has 0 aromatic heterocycles. The lowest BCUT2D eigenvalue weighted by Gasteiger charge is -2.09. The van der Waals surface area contributed by atoms with E-state index in [1.807, 2.05) is 48.6 Å². The van der Waals surface area contributed by atoms with Crippen molar-refractivity contribution >= 4 is 40.3 Å². The molecule has 0 unspecified atom stereocenters. The molecule has 0 atom stereocenters. The fraction of sp³-hybridized carbons (Fsp3) is 0.167. The van der Waals surface area contributed by atoms with E-state index in [2.05, 4.69) is 5.32 Å². The van der Waals surface area contributed by atoms with Gasteiger partial charge in [-0.1, -0.05) is 0 Å². The third kappa shape index (κ3) is 4.54. The number of nitrogens with one attached hydrogen (secondary N) is 1. The van der Waals surface area contributed by atoms with E-state index in [1.165, 1.54) is 12.1 Å². The zero-order valence-corrected chi connectivity index (χ0v) is 15.3. The van der Waals surface area contributed by atoms with Crippen LogP contribution in [-0.4, -0.2) is 13.0 Å². The normalized spacial score (nSPS) is 10.8. The number of amides is 1. The number of carbonyl (C=O) groups excluding carboxylic acids is 1. The van der Waals surface area contributed by atoms with Crippen LogP contribution in [0.1, 0.15) is 16.7 Å². The molecule has 5 heteroatoms. The van der Waals surface area contributed by atoms with Gasteiger partial charge in [-0.2, -0.15) is 0 Å². The molecule has 23 heavy (non-hydrogen) atoms. The molecule has 0 radical (unpaired) electrons. The summed E-state index contributed by atoms with van der Waals surface area (Å²) in [6.45, 7) is 3.90. The molecule has 0 fully saturated rings. The smallest absolute Gasteiger partial charge is 0.248 e. The van der Waals surface area contributed by atoms with Crippen molar-refractivity contribution in [2.45, 2.75) is 13.8 Å². The maximum Gasteiger partial charge on any atom is 0.248 e. The Hall–Kier alpha value is -1.89. The van der Waals surface area contributed by atoms with E-state index in [-0.39, 0.29) is 11.6 Å². The standard InChI is InChI=1S/C18H17FINO2/c1-11-8-14(23-3)9-12(2)15(11)5-7-18(22)21-17-6-4-13(20)10-16(17)19/h4-10H,1-3H3,(H,21,22)/b7-5+. The summed E-state index contributed by atoms with van der Waals surface area (Å²) in [5.74, 6) is -0.0438. The van der Waals surface area contributed by atoms with Gasteiger partial charge < -0.3 is 10.1 Å². The van der Waals surface area contributed by atoms with Crippen molar-refractivity contribution in [2.24, 2.45) is 0 Å². The Morgan fingerprint density at radius 3 is 2.43 bits per heavy atom. The fourth-order valence-corrected chi connectivity index (χ4v) is 2.69. The third-order valence-corrected chi connectivity index (χ3v) is 4.06. The summed E-state index contributed by atoms with van der Waals surface area (Å²) in [5, 5.41) is 2.54. The minimum atomic E-state index is -0.449. The van der Waals surface area contributed by atoms with E-state index in [4.69, 9.17) is 4.74 Å². The lowest BCUT2D eigenvalue weighted by Crippen LogP contribution is -2.09. The van der Waals surface area contributed by atoms with Crippen molar-refractivity contribution in [3.05, 3.63) is 62.5 Å². The lowest BCUT2D eigenvalue weighted by molar-refractivity contribution is -0.111. The second-order valence-corrected chi connectivity index (χ2v) is 6.37. The molecule has 1 amide bonds. The van der Waals surface area contributed by atoms with E-state index in [1.54, 1.807) is 25.3 Å². The topological polar surface area (TPSA) is 38.3 Å². The maximum absolute atomic E-state index is 13.7. The second kappa shape index (κ2) is 7.59. The Morgan fingerprint density at radius 1 is 1.22 bits per heavy atom. The highest BCUT2D eigenvalue weighted by Crippen LogP contribution is 2.23. The molecular weight excluding hydrogens is 408 g/mol. The van der Waals surface area contributed by atoms with Crippen LogP contribution in [0.2, 0.25) is 0 Å². The van der Waals surface area contributed by atoms with Crippen LogP contribution in [0.15, 0.2) is 36.4 Å². The minimum Gasteiger partial charge on any atom is -0.497 e. The van der Waals surface area contributed by atoms with Crippen LogP contribution in [0.4, 0.5) is 10.1 Å². The van der Waals surface area contributed by atoms with E-state index in [9.17, 15) is 9.18 Å². The first kappa shape index (κ1) is 17.5. The first-order valence-corrected chi connectivity index (χ1v) is 8.08. The number of ether oxygens (including phenoxy) is 1. The zero-order valence-electron chi connectivity index (χ0n) is 13.1. The number of halogens is 2. The molecular formula is C18H17FINO2. The Balaban J connectivity index is 2.15. The van der Waals surface area contributed by atoms with E-state index in [0.717, 1.165) is 26.0 Å². The van der Waals surface area contributed by atoms with Crippen molar-refractivity contribution < 1.29 is 13.9 Å². The Morgan fingerprint density at radius 2 is 1.87 bits per heavy atom. The molecule has 3 nitrogen and oxygen atoms in total. The summed E-state index contributed by atoms with van der Waals surface area (Å²) in [5.41, 5.74) is 3.13. The zero-order chi connectivity index (χ0) is 17.0. The minimum absolute atomic E-state index is 0.170. The van der Waals surface area contributed by atoms with Gasteiger partial charge in [-0.3, -0.25) is 4.79 Å². The largest absolute Gasteiger partial charge is 0.497 e. The van der Waals surface area contributed by atoms with Gasteiger partial charge >= 0.3 is 0 Å². The van der Waals surface area contributed by atoms with E-state index in [0.29, 0.717) is 0 Å². The highest BCUT2D eigenvalue weighted by atomic mass is 127. The van der Waals surface area contributed by atoms with Crippen LogP contribution >= 0.6 is 22.6 Å². The fourth-order valence-electron chi connectivity index (χ4n) is 2.24. The van der Waals surface area contributed by atoms with Crippen LogP contribution < -0.4 is 10.1 Å². The van der Waals surface area contributed by atoms with Gasteiger partial charge in [0.2, 0.25) is 5.91 Å². The third-order valence-electron chi connectivity index (χ3n) is 3.39. The molecule has 0 saturated heterocycles. The molecule has 0 aliphatic carbocycles. The summed E-state index contributed by atoms with van der Waals surface area (Å²) in [6, 6.07) is 8.47. The van der Waals surface area contributed by atoms with Gasteiger partial charge in [0.1, 0.15) is 11.6 Å². The number of hydrogen-bond acceptors (Lipinski definition) is 2. The second-order valence-electron chi connectivity index (χ2n) is 5.12. The number of methoxy groups -OCH3 is 1. The molecule has 2 rings (SSSR count). The van der Waals surface area contributed by atoms with Crippen LogP contribution in [0.25, 0.3) is 6.08 Å². The summed E-state index contributed by atoms with van der Waals surface area (Å²) in [6.07, 6.45) is 3.13. The summed E-state index contributed by atoms with van der Waals surface area (Å²) >= 11 is 2.02. The predicted octanol–water partition coefficient (Wildman–Crippen LogP) is 4.71. The molecule has 0 aliphatic heterocycles. The summed E-state index contributed by atoms with van der Waals surface area (Å²) < 4.78 is 19.7. The molecule has 1 N–H and O–H groups in total. The molecule has 0 aliphatic rings. The maximum atomic E-state index is 13.7. The number of carbonyl (C=O) groups is 1. The highest BCUT2D eigenvalue weighted by molar-refractivity contribution is 14.1. The highest BCUT2D eigenvalue weighted by Gasteiger charge is 2.06. The first-order valence-electron chi connectivity index (χ1n) is 7.00. The van der Waals surface area contributed by atoms with Crippen LogP contribution in [0.3, 0.4) is 0 Å². The molecule has 120 valence electrons. The SMILES string of the molecule is COc1cc(C)c(/C=C/C(=O)Nc2ccc(I)cc2F)c(C)c1. The first-order chi connectivity index (χ1) is 10.9. The van der Waals surface area contributed by atoms with Gasteiger partial charge in [0.25, 0.3) is 0 Å². The molecule has 0 bridgehead atoms. The number of benzene rings is 2. The van der Waals surface area contributed by atoms with Crippen molar-refractivity contribution in [1.29, 1.82) is 0 Å². The van der Waals surface area contributed by atoms with E-state index < -0.39 is 5.82 Å². The molecule has 2 aromatic carbocycles. The average Bonchev–Trinajstić information content (AvgIpc) is 2.49.